The van der Waals surface area contributed by atoms with Gasteiger partial charge in [0.05, 0.1) is 11.9 Å². The maximum Gasteiger partial charge on any atom is 0.226 e. The molecular weight excluding hydrogens is 332 g/mol. The maximum absolute atomic E-state index is 11.9. The number of hydrogen-bond acceptors (Lipinski definition) is 2. The lowest BCUT2D eigenvalue weighted by molar-refractivity contribution is -0.116. The number of carbonyl (C=O) groups excluding carboxylic acids is 1. The van der Waals surface area contributed by atoms with E-state index in [0.29, 0.717) is 13.0 Å². The average Bonchev–Trinajstić information content (AvgIpc) is 3.02. The Kier molecular flexibility index (Phi) is 3.79. The van der Waals surface area contributed by atoms with Gasteiger partial charge < -0.3 is 9.88 Å². The van der Waals surface area contributed by atoms with Crippen LogP contribution in [0.1, 0.15) is 6.42 Å². The number of halogens is 1. The minimum absolute atomic E-state index is 0.0121. The van der Waals surface area contributed by atoms with Gasteiger partial charge in [0, 0.05) is 47.8 Å². The number of nitrogens with one attached hydrogen (secondary N) is 1. The van der Waals surface area contributed by atoms with Gasteiger partial charge in [-0.15, -0.1) is 0 Å². The number of amides is 1. The van der Waals surface area contributed by atoms with Crippen LogP contribution in [0.25, 0.3) is 10.9 Å². The van der Waals surface area contributed by atoms with Gasteiger partial charge in [0.1, 0.15) is 0 Å². The van der Waals surface area contributed by atoms with Crippen LogP contribution in [0.15, 0.2) is 47.3 Å². The van der Waals surface area contributed by atoms with Crippen LogP contribution in [-0.2, 0) is 18.4 Å². The van der Waals surface area contributed by atoms with Crippen LogP contribution in [0.2, 0.25) is 0 Å². The number of rotatable bonds is 4. The molecule has 108 valence electrons. The SMILES string of the molecule is Cn1cc(NC(=O)CCn2ccc3cc(Br)ccc32)cn1. The number of anilines is 1. The second-order valence-corrected chi connectivity index (χ2v) is 5.83. The van der Waals surface area contributed by atoms with Crippen molar-refractivity contribution >= 4 is 38.4 Å². The van der Waals surface area contributed by atoms with E-state index in [4.69, 9.17) is 0 Å². The number of carbonyl (C=O) groups is 1. The van der Waals surface area contributed by atoms with E-state index in [9.17, 15) is 4.79 Å². The van der Waals surface area contributed by atoms with Crippen LogP contribution in [0.3, 0.4) is 0 Å². The van der Waals surface area contributed by atoms with E-state index in [0.717, 1.165) is 21.1 Å². The zero-order chi connectivity index (χ0) is 14.8. The van der Waals surface area contributed by atoms with Gasteiger partial charge >= 0.3 is 0 Å². The first-order valence-electron chi connectivity index (χ1n) is 6.65. The summed E-state index contributed by atoms with van der Waals surface area (Å²) in [6.07, 6.45) is 5.85. The number of aromatic nitrogens is 3. The minimum Gasteiger partial charge on any atom is -0.347 e. The van der Waals surface area contributed by atoms with Gasteiger partial charge in [0.25, 0.3) is 0 Å². The molecule has 3 rings (SSSR count). The molecule has 5 nitrogen and oxygen atoms in total. The van der Waals surface area contributed by atoms with Gasteiger partial charge in [0.15, 0.2) is 0 Å². The number of hydrogen-bond donors (Lipinski definition) is 1. The van der Waals surface area contributed by atoms with Crippen molar-refractivity contribution in [3.8, 4) is 0 Å². The van der Waals surface area contributed by atoms with E-state index in [1.54, 1.807) is 17.1 Å². The van der Waals surface area contributed by atoms with Crippen molar-refractivity contribution in [1.29, 1.82) is 0 Å². The summed E-state index contributed by atoms with van der Waals surface area (Å²) >= 11 is 3.46. The highest BCUT2D eigenvalue weighted by atomic mass is 79.9. The van der Waals surface area contributed by atoms with Crippen molar-refractivity contribution in [2.24, 2.45) is 7.05 Å². The Bertz CT molecular complexity index is 790. The van der Waals surface area contributed by atoms with Gasteiger partial charge in [-0.2, -0.15) is 5.10 Å². The molecule has 0 atom stereocenters. The Labute approximate surface area is 130 Å². The second kappa shape index (κ2) is 5.73. The molecule has 0 unspecified atom stereocenters. The van der Waals surface area contributed by atoms with Crippen molar-refractivity contribution in [3.63, 3.8) is 0 Å². The lowest BCUT2D eigenvalue weighted by Crippen LogP contribution is -2.13. The Hall–Kier alpha value is -2.08. The Morgan fingerprint density at radius 2 is 2.24 bits per heavy atom. The highest BCUT2D eigenvalue weighted by molar-refractivity contribution is 9.10. The third kappa shape index (κ3) is 3.16. The largest absolute Gasteiger partial charge is 0.347 e. The quantitative estimate of drug-likeness (QED) is 0.788. The number of fused-ring (bicyclic) bond motifs is 1. The molecule has 0 fully saturated rings. The zero-order valence-electron chi connectivity index (χ0n) is 11.6. The molecule has 0 saturated heterocycles. The molecule has 2 heterocycles. The highest BCUT2D eigenvalue weighted by Crippen LogP contribution is 2.21. The summed E-state index contributed by atoms with van der Waals surface area (Å²) in [4.78, 5) is 11.9. The third-order valence-electron chi connectivity index (χ3n) is 3.30. The standard InChI is InChI=1S/C15H15BrN4O/c1-19-10-13(9-17-19)18-15(21)5-7-20-6-4-11-8-12(16)2-3-14(11)20/h2-4,6,8-10H,5,7H2,1H3,(H,18,21). The first-order valence-corrected chi connectivity index (χ1v) is 7.44. The maximum atomic E-state index is 11.9. The second-order valence-electron chi connectivity index (χ2n) is 4.91. The molecule has 0 radical (unpaired) electrons. The summed E-state index contributed by atoms with van der Waals surface area (Å²) in [6.45, 7) is 0.650. The summed E-state index contributed by atoms with van der Waals surface area (Å²) in [5.41, 5.74) is 1.86. The number of nitrogens with zero attached hydrogens (tertiary/aromatic N) is 3. The predicted molar refractivity (Wildman–Crippen MR) is 86.1 cm³/mol. The van der Waals surface area contributed by atoms with Gasteiger partial charge in [0.2, 0.25) is 5.91 Å². The topological polar surface area (TPSA) is 51.9 Å². The summed E-state index contributed by atoms with van der Waals surface area (Å²) in [5, 5.41) is 8.02. The molecule has 0 saturated carbocycles. The first kappa shape index (κ1) is 13.9. The van der Waals surface area contributed by atoms with E-state index in [1.807, 2.05) is 19.3 Å². The molecule has 21 heavy (non-hydrogen) atoms. The van der Waals surface area contributed by atoms with Crippen LogP contribution in [0.5, 0.6) is 0 Å². The first-order chi connectivity index (χ1) is 10.1. The molecule has 0 aliphatic carbocycles. The molecule has 3 aromatic rings. The molecular formula is C15H15BrN4O. The molecule has 0 aliphatic heterocycles. The van der Waals surface area contributed by atoms with Crippen LogP contribution in [-0.4, -0.2) is 20.3 Å². The highest BCUT2D eigenvalue weighted by Gasteiger charge is 2.06. The fraction of sp³-hybridized carbons (Fsp3) is 0.200. The van der Waals surface area contributed by atoms with E-state index < -0.39 is 0 Å². The van der Waals surface area contributed by atoms with Gasteiger partial charge in [-0.3, -0.25) is 9.48 Å². The number of benzene rings is 1. The molecule has 1 aromatic carbocycles. The average molecular weight is 347 g/mol. The molecule has 0 spiro atoms. The fourth-order valence-corrected chi connectivity index (χ4v) is 2.68. The van der Waals surface area contributed by atoms with E-state index in [2.05, 4.69) is 49.1 Å². The Morgan fingerprint density at radius 3 is 3.00 bits per heavy atom. The summed E-state index contributed by atoms with van der Waals surface area (Å²) in [5.74, 6) is -0.0121. The predicted octanol–water partition coefficient (Wildman–Crippen LogP) is 3.17. The van der Waals surface area contributed by atoms with Crippen molar-refractivity contribution in [3.05, 3.63) is 47.3 Å². The zero-order valence-corrected chi connectivity index (χ0v) is 13.2. The molecule has 1 amide bonds. The third-order valence-corrected chi connectivity index (χ3v) is 3.79. The van der Waals surface area contributed by atoms with Crippen molar-refractivity contribution < 1.29 is 4.79 Å². The van der Waals surface area contributed by atoms with Gasteiger partial charge in [-0.05, 0) is 24.3 Å². The fourth-order valence-electron chi connectivity index (χ4n) is 2.30. The van der Waals surface area contributed by atoms with E-state index in [1.165, 1.54) is 0 Å². The Morgan fingerprint density at radius 1 is 1.38 bits per heavy atom. The van der Waals surface area contributed by atoms with Crippen LogP contribution in [0.4, 0.5) is 5.69 Å². The molecule has 2 aromatic heterocycles. The minimum atomic E-state index is -0.0121. The lowest BCUT2D eigenvalue weighted by Gasteiger charge is -2.06. The van der Waals surface area contributed by atoms with E-state index in [-0.39, 0.29) is 5.91 Å². The van der Waals surface area contributed by atoms with E-state index >= 15 is 0 Å². The molecule has 0 aliphatic rings. The van der Waals surface area contributed by atoms with Crippen LogP contribution < -0.4 is 5.32 Å². The Balaban J connectivity index is 1.64. The van der Waals surface area contributed by atoms with Gasteiger partial charge in [-0.25, -0.2) is 0 Å². The van der Waals surface area contributed by atoms with Crippen LogP contribution >= 0.6 is 15.9 Å². The number of aryl methyl sites for hydroxylation is 2. The monoisotopic (exact) mass is 346 g/mol. The van der Waals surface area contributed by atoms with Gasteiger partial charge in [-0.1, -0.05) is 15.9 Å². The van der Waals surface area contributed by atoms with Crippen molar-refractivity contribution in [1.82, 2.24) is 14.3 Å². The smallest absolute Gasteiger partial charge is 0.226 e. The van der Waals surface area contributed by atoms with Crippen LogP contribution in [0, 0.1) is 0 Å². The van der Waals surface area contributed by atoms with Crippen molar-refractivity contribution in [2.45, 2.75) is 13.0 Å². The lowest BCUT2D eigenvalue weighted by atomic mass is 10.2. The summed E-state index contributed by atoms with van der Waals surface area (Å²) < 4.78 is 4.81. The summed E-state index contributed by atoms with van der Waals surface area (Å²) in [7, 11) is 1.82. The molecule has 1 N–H and O–H groups in total. The molecule has 0 bridgehead atoms. The molecule has 6 heteroatoms. The normalized spacial score (nSPS) is 11.0. The van der Waals surface area contributed by atoms with Crippen molar-refractivity contribution in [2.75, 3.05) is 5.32 Å². The summed E-state index contributed by atoms with van der Waals surface area (Å²) in [6, 6.07) is 8.19.